The van der Waals surface area contributed by atoms with Gasteiger partial charge >= 0.3 is 6.18 Å². The summed E-state index contributed by atoms with van der Waals surface area (Å²) < 4.78 is 41.5. The summed E-state index contributed by atoms with van der Waals surface area (Å²) in [5, 5.41) is 0. The van der Waals surface area contributed by atoms with Crippen molar-refractivity contribution in [2.24, 2.45) is 0 Å². The van der Waals surface area contributed by atoms with Gasteiger partial charge in [-0.2, -0.15) is 13.2 Å². The molecule has 5 nitrogen and oxygen atoms in total. The van der Waals surface area contributed by atoms with E-state index in [0.29, 0.717) is 36.2 Å². The predicted molar refractivity (Wildman–Crippen MR) is 140 cm³/mol. The lowest BCUT2D eigenvalue weighted by Crippen LogP contribution is -2.28. The second-order valence-corrected chi connectivity index (χ2v) is 9.17. The van der Waals surface area contributed by atoms with Crippen molar-refractivity contribution < 1.29 is 22.8 Å². The van der Waals surface area contributed by atoms with Gasteiger partial charge in [0.2, 0.25) is 0 Å². The number of rotatable bonds is 9. The number of ketones is 1. The normalized spacial score (nSPS) is 11.4. The highest BCUT2D eigenvalue weighted by molar-refractivity contribution is 6.00. The van der Waals surface area contributed by atoms with Crippen LogP contribution in [0.2, 0.25) is 0 Å². The summed E-state index contributed by atoms with van der Waals surface area (Å²) in [7, 11) is 1.74. The minimum absolute atomic E-state index is 0.123. The minimum Gasteiger partial charge on any atom is -0.344 e. The van der Waals surface area contributed by atoms with Crippen LogP contribution in [0.3, 0.4) is 0 Å². The van der Waals surface area contributed by atoms with Crippen LogP contribution in [-0.2, 0) is 19.1 Å². The third-order valence-corrected chi connectivity index (χ3v) is 6.49. The van der Waals surface area contributed by atoms with Gasteiger partial charge in [0.05, 0.1) is 11.1 Å². The smallest absolute Gasteiger partial charge is 0.344 e. The number of Topliss-reactive ketones (excluding diaryl/α,β-unsaturated/α-hetero) is 1. The van der Waals surface area contributed by atoms with Crippen LogP contribution in [0, 0.1) is 6.92 Å². The van der Waals surface area contributed by atoms with E-state index >= 15 is 0 Å². The monoisotopic (exact) mass is 519 g/mol. The molecule has 0 saturated heterocycles. The van der Waals surface area contributed by atoms with Gasteiger partial charge in [0, 0.05) is 55.9 Å². The van der Waals surface area contributed by atoms with Crippen molar-refractivity contribution in [2.75, 3.05) is 13.6 Å². The molecule has 0 saturated carbocycles. The Morgan fingerprint density at radius 3 is 2.42 bits per heavy atom. The standard InChI is InChI=1S/C30H28F3N3O2/c1-21-26(28(37)18-22-9-6-13-25(17-22)30(31,32)33)19-27(23-10-4-3-5-11-23)36(21)16-8-15-35(2)29(38)24-12-7-14-34-20-24/h3-7,9-14,17,19-20H,8,15-16,18H2,1-2H3. The fourth-order valence-electron chi connectivity index (χ4n) is 4.48. The lowest BCUT2D eigenvalue weighted by Gasteiger charge is -2.18. The minimum atomic E-state index is -4.47. The van der Waals surface area contributed by atoms with E-state index in [-0.39, 0.29) is 18.1 Å². The summed E-state index contributed by atoms with van der Waals surface area (Å²) in [5.41, 5.74) is 3.04. The molecule has 0 fully saturated rings. The maximum atomic E-state index is 13.3. The Hall–Kier alpha value is -4.20. The first-order valence-corrected chi connectivity index (χ1v) is 12.3. The largest absolute Gasteiger partial charge is 0.416 e. The van der Waals surface area contributed by atoms with Crippen molar-refractivity contribution in [3.63, 3.8) is 0 Å². The van der Waals surface area contributed by atoms with Crippen LogP contribution in [0.25, 0.3) is 11.3 Å². The van der Waals surface area contributed by atoms with E-state index in [1.807, 2.05) is 47.9 Å². The number of aromatic nitrogens is 2. The van der Waals surface area contributed by atoms with E-state index < -0.39 is 11.7 Å². The van der Waals surface area contributed by atoms with Crippen molar-refractivity contribution in [1.82, 2.24) is 14.5 Å². The fourth-order valence-corrected chi connectivity index (χ4v) is 4.48. The van der Waals surface area contributed by atoms with E-state index in [0.717, 1.165) is 29.1 Å². The molecule has 0 atom stereocenters. The van der Waals surface area contributed by atoms with Crippen molar-refractivity contribution in [1.29, 1.82) is 0 Å². The second kappa shape index (κ2) is 11.5. The lowest BCUT2D eigenvalue weighted by atomic mass is 10.0. The Bertz CT molecular complexity index is 1410. The molecule has 0 aliphatic carbocycles. The highest BCUT2D eigenvalue weighted by atomic mass is 19.4. The molecule has 8 heteroatoms. The molecule has 4 rings (SSSR count). The molecule has 0 aliphatic rings. The van der Waals surface area contributed by atoms with E-state index in [1.54, 1.807) is 30.3 Å². The zero-order valence-corrected chi connectivity index (χ0v) is 21.2. The first-order chi connectivity index (χ1) is 18.1. The molecule has 4 aromatic rings. The van der Waals surface area contributed by atoms with Gasteiger partial charge in [-0.1, -0.05) is 48.5 Å². The number of halogens is 3. The van der Waals surface area contributed by atoms with Gasteiger partial charge < -0.3 is 9.47 Å². The van der Waals surface area contributed by atoms with E-state index in [2.05, 4.69) is 4.98 Å². The van der Waals surface area contributed by atoms with Crippen LogP contribution in [-0.4, -0.2) is 39.7 Å². The average Bonchev–Trinajstić information content (AvgIpc) is 3.25. The first-order valence-electron chi connectivity index (χ1n) is 12.3. The van der Waals surface area contributed by atoms with Crippen LogP contribution in [0.15, 0.2) is 85.2 Å². The van der Waals surface area contributed by atoms with Crippen LogP contribution < -0.4 is 0 Å². The van der Waals surface area contributed by atoms with Crippen molar-refractivity contribution in [2.45, 2.75) is 32.5 Å². The Balaban J connectivity index is 1.55. The lowest BCUT2D eigenvalue weighted by molar-refractivity contribution is -0.137. The molecular formula is C30H28F3N3O2. The average molecular weight is 520 g/mol. The molecule has 1 amide bonds. The number of carbonyl (C=O) groups is 2. The molecule has 0 N–H and O–H groups in total. The maximum Gasteiger partial charge on any atom is 0.416 e. The van der Waals surface area contributed by atoms with Crippen LogP contribution in [0.5, 0.6) is 0 Å². The molecule has 38 heavy (non-hydrogen) atoms. The Morgan fingerprint density at radius 2 is 1.74 bits per heavy atom. The van der Waals surface area contributed by atoms with Gasteiger partial charge in [-0.15, -0.1) is 0 Å². The molecular weight excluding hydrogens is 491 g/mol. The number of nitrogens with zero attached hydrogens (tertiary/aromatic N) is 3. The zero-order valence-electron chi connectivity index (χ0n) is 21.2. The summed E-state index contributed by atoms with van der Waals surface area (Å²) in [6, 6.07) is 19.7. The quantitative estimate of drug-likeness (QED) is 0.238. The topological polar surface area (TPSA) is 55.2 Å². The Kier molecular flexibility index (Phi) is 8.10. The maximum absolute atomic E-state index is 13.3. The molecule has 0 spiro atoms. The number of pyridine rings is 1. The molecule has 2 heterocycles. The molecule has 196 valence electrons. The summed E-state index contributed by atoms with van der Waals surface area (Å²) >= 11 is 0. The Labute approximate surface area is 219 Å². The molecule has 0 radical (unpaired) electrons. The summed E-state index contributed by atoms with van der Waals surface area (Å²) in [4.78, 5) is 31.6. The van der Waals surface area contributed by atoms with Crippen LogP contribution in [0.1, 0.15) is 44.0 Å². The van der Waals surface area contributed by atoms with Crippen molar-refractivity contribution in [3.05, 3.63) is 113 Å². The number of amides is 1. The SMILES string of the molecule is Cc1c(C(=O)Cc2cccc(C(F)(F)F)c2)cc(-c2ccccc2)n1CCCN(C)C(=O)c1cccnc1. The zero-order chi connectivity index (χ0) is 27.3. The van der Waals surface area contributed by atoms with E-state index in [9.17, 15) is 22.8 Å². The Morgan fingerprint density at radius 1 is 0.974 bits per heavy atom. The first kappa shape index (κ1) is 26.9. The van der Waals surface area contributed by atoms with Crippen molar-refractivity contribution >= 4 is 11.7 Å². The predicted octanol–water partition coefficient (Wildman–Crippen LogP) is 6.47. The number of benzene rings is 2. The number of alkyl halides is 3. The van der Waals surface area contributed by atoms with E-state index in [1.165, 1.54) is 18.3 Å². The second-order valence-electron chi connectivity index (χ2n) is 9.17. The van der Waals surface area contributed by atoms with Gasteiger partial charge in [-0.05, 0) is 48.7 Å². The number of hydrogen-bond acceptors (Lipinski definition) is 3. The van der Waals surface area contributed by atoms with Gasteiger partial charge in [-0.3, -0.25) is 14.6 Å². The van der Waals surface area contributed by atoms with Crippen molar-refractivity contribution in [3.8, 4) is 11.3 Å². The molecule has 0 aliphatic heterocycles. The van der Waals surface area contributed by atoms with Crippen LogP contribution >= 0.6 is 0 Å². The van der Waals surface area contributed by atoms with Gasteiger partial charge in [0.25, 0.3) is 5.91 Å². The fraction of sp³-hybridized carbons (Fsp3) is 0.233. The summed E-state index contributed by atoms with van der Waals surface area (Å²) in [6.07, 6.45) is -0.817. The number of carbonyl (C=O) groups excluding carboxylic acids is 2. The third kappa shape index (κ3) is 6.19. The highest BCUT2D eigenvalue weighted by Gasteiger charge is 2.30. The van der Waals surface area contributed by atoms with E-state index in [4.69, 9.17) is 0 Å². The van der Waals surface area contributed by atoms with Gasteiger partial charge in [0.1, 0.15) is 0 Å². The van der Waals surface area contributed by atoms with Gasteiger partial charge in [0.15, 0.2) is 5.78 Å². The summed E-state index contributed by atoms with van der Waals surface area (Å²) in [5.74, 6) is -0.371. The molecule has 2 aromatic carbocycles. The number of hydrogen-bond donors (Lipinski definition) is 0. The van der Waals surface area contributed by atoms with Gasteiger partial charge in [-0.25, -0.2) is 0 Å². The molecule has 0 unspecified atom stereocenters. The molecule has 0 bridgehead atoms. The highest BCUT2D eigenvalue weighted by Crippen LogP contribution is 2.31. The third-order valence-electron chi connectivity index (χ3n) is 6.49. The molecule has 2 aromatic heterocycles. The summed E-state index contributed by atoms with van der Waals surface area (Å²) in [6.45, 7) is 2.89. The van der Waals surface area contributed by atoms with Crippen LogP contribution in [0.4, 0.5) is 13.2 Å².